The third-order valence-corrected chi connectivity index (χ3v) is 4.22. The zero-order valence-corrected chi connectivity index (χ0v) is 14.1. The van der Waals surface area contributed by atoms with Crippen LogP contribution in [0.3, 0.4) is 0 Å². The molecule has 2 N–H and O–H groups in total. The Bertz CT molecular complexity index is 1170. The highest BCUT2D eigenvalue weighted by Gasteiger charge is 2.11. The Morgan fingerprint density at radius 1 is 1.08 bits per heavy atom. The first-order chi connectivity index (χ1) is 12.6. The summed E-state index contributed by atoms with van der Waals surface area (Å²) in [5.41, 5.74) is 1.49. The molecule has 0 bridgehead atoms. The van der Waals surface area contributed by atoms with Crippen LogP contribution >= 0.6 is 11.6 Å². The van der Waals surface area contributed by atoms with E-state index in [1.165, 1.54) is 0 Å². The standard InChI is InChI=1S/C19H12ClN3O3/c20-17-15-10-12(6-7-14(15)19(25)23-22-17)18(24)21-13-4-1-3-11(9-13)16-5-2-8-26-16/h1-10H,(H,21,24)(H,23,25). The summed E-state index contributed by atoms with van der Waals surface area (Å²) in [5.74, 6) is 0.392. The Hall–Kier alpha value is -3.38. The van der Waals surface area contributed by atoms with E-state index in [-0.39, 0.29) is 16.6 Å². The summed E-state index contributed by atoms with van der Waals surface area (Å²) >= 11 is 6.02. The molecule has 0 fully saturated rings. The molecule has 0 atom stereocenters. The number of H-pyrrole nitrogens is 1. The third kappa shape index (κ3) is 2.98. The van der Waals surface area contributed by atoms with Crippen LogP contribution in [0.1, 0.15) is 10.4 Å². The SMILES string of the molecule is O=C(Nc1cccc(-c2ccco2)c1)c1ccc2c(=O)[nH]nc(Cl)c2c1. The molecular formula is C19H12ClN3O3. The van der Waals surface area contributed by atoms with Crippen LogP contribution in [0.15, 0.2) is 70.1 Å². The van der Waals surface area contributed by atoms with Gasteiger partial charge in [0.05, 0.1) is 11.6 Å². The molecule has 6 nitrogen and oxygen atoms in total. The van der Waals surface area contributed by atoms with Crippen molar-refractivity contribution in [2.24, 2.45) is 0 Å². The van der Waals surface area contributed by atoms with E-state index in [2.05, 4.69) is 15.5 Å². The largest absolute Gasteiger partial charge is 0.464 e. The number of carbonyl (C=O) groups is 1. The number of benzene rings is 2. The van der Waals surface area contributed by atoms with Crippen LogP contribution in [0.5, 0.6) is 0 Å². The highest BCUT2D eigenvalue weighted by molar-refractivity contribution is 6.34. The summed E-state index contributed by atoms with van der Waals surface area (Å²) in [6, 6.07) is 15.6. The Balaban J connectivity index is 1.65. The van der Waals surface area contributed by atoms with Crippen LogP contribution in [-0.2, 0) is 0 Å². The van der Waals surface area contributed by atoms with Crippen LogP contribution in [0.25, 0.3) is 22.1 Å². The fraction of sp³-hybridized carbons (Fsp3) is 0. The van der Waals surface area contributed by atoms with Crippen molar-refractivity contribution in [3.05, 3.63) is 81.9 Å². The molecule has 26 heavy (non-hydrogen) atoms. The fourth-order valence-corrected chi connectivity index (χ4v) is 2.87. The lowest BCUT2D eigenvalue weighted by Crippen LogP contribution is -2.13. The van der Waals surface area contributed by atoms with Gasteiger partial charge in [-0.3, -0.25) is 9.59 Å². The van der Waals surface area contributed by atoms with E-state index in [4.69, 9.17) is 16.0 Å². The monoisotopic (exact) mass is 365 g/mol. The zero-order valence-electron chi connectivity index (χ0n) is 13.3. The Labute approximate surface area is 152 Å². The van der Waals surface area contributed by atoms with Crippen molar-refractivity contribution in [2.75, 3.05) is 5.32 Å². The normalized spacial score (nSPS) is 10.8. The van der Waals surface area contributed by atoms with E-state index in [0.717, 1.165) is 5.56 Å². The molecule has 0 spiro atoms. The van der Waals surface area contributed by atoms with Crippen molar-refractivity contribution in [1.29, 1.82) is 0 Å². The Morgan fingerprint density at radius 2 is 1.96 bits per heavy atom. The molecule has 0 unspecified atom stereocenters. The Morgan fingerprint density at radius 3 is 2.77 bits per heavy atom. The minimum Gasteiger partial charge on any atom is -0.464 e. The van der Waals surface area contributed by atoms with Crippen molar-refractivity contribution in [2.45, 2.75) is 0 Å². The summed E-state index contributed by atoms with van der Waals surface area (Å²) in [6.07, 6.45) is 1.59. The molecule has 0 radical (unpaired) electrons. The maximum absolute atomic E-state index is 12.6. The molecule has 128 valence electrons. The van der Waals surface area contributed by atoms with Gasteiger partial charge in [0.1, 0.15) is 5.76 Å². The number of aromatic nitrogens is 2. The molecule has 4 rings (SSSR count). The first kappa shape index (κ1) is 16.1. The van der Waals surface area contributed by atoms with Crippen molar-refractivity contribution in [3.8, 4) is 11.3 Å². The number of hydrogen-bond acceptors (Lipinski definition) is 4. The minimum atomic E-state index is -0.359. The molecule has 0 aliphatic heterocycles. The van der Waals surface area contributed by atoms with Crippen LogP contribution < -0.4 is 10.9 Å². The molecule has 2 heterocycles. The number of rotatable bonds is 3. The highest BCUT2D eigenvalue weighted by Crippen LogP contribution is 2.24. The number of anilines is 1. The molecule has 7 heteroatoms. The van der Waals surface area contributed by atoms with Crippen molar-refractivity contribution in [3.63, 3.8) is 0 Å². The lowest BCUT2D eigenvalue weighted by molar-refractivity contribution is 0.102. The maximum atomic E-state index is 12.6. The highest BCUT2D eigenvalue weighted by atomic mass is 35.5. The van der Waals surface area contributed by atoms with Crippen LogP contribution in [0, 0.1) is 0 Å². The third-order valence-electron chi connectivity index (χ3n) is 3.93. The van der Waals surface area contributed by atoms with Gasteiger partial charge in [-0.2, -0.15) is 5.10 Å². The van der Waals surface area contributed by atoms with E-state index in [1.807, 2.05) is 24.3 Å². The molecule has 0 aliphatic carbocycles. The summed E-state index contributed by atoms with van der Waals surface area (Å²) in [7, 11) is 0. The van der Waals surface area contributed by atoms with Gasteiger partial charge in [0.2, 0.25) is 0 Å². The Kier molecular flexibility index (Phi) is 4.02. The molecular weight excluding hydrogens is 354 g/mol. The summed E-state index contributed by atoms with van der Waals surface area (Å²) in [6.45, 7) is 0. The second kappa shape index (κ2) is 6.50. The average Bonchev–Trinajstić information content (AvgIpc) is 3.19. The van der Waals surface area contributed by atoms with Crippen LogP contribution in [-0.4, -0.2) is 16.1 Å². The summed E-state index contributed by atoms with van der Waals surface area (Å²) < 4.78 is 5.37. The lowest BCUT2D eigenvalue weighted by atomic mass is 10.1. The van der Waals surface area contributed by atoms with E-state index in [9.17, 15) is 9.59 Å². The molecule has 2 aromatic carbocycles. The van der Waals surface area contributed by atoms with Gasteiger partial charge in [-0.15, -0.1) is 0 Å². The van der Waals surface area contributed by atoms with Gasteiger partial charge in [0.15, 0.2) is 5.15 Å². The first-order valence-corrected chi connectivity index (χ1v) is 8.13. The molecule has 0 saturated heterocycles. The zero-order chi connectivity index (χ0) is 18.1. The van der Waals surface area contributed by atoms with E-state index >= 15 is 0 Å². The number of nitrogens with one attached hydrogen (secondary N) is 2. The predicted octanol–water partition coefficient (Wildman–Crippen LogP) is 4.09. The second-order valence-corrected chi connectivity index (χ2v) is 5.97. The first-order valence-electron chi connectivity index (χ1n) is 7.75. The number of amides is 1. The molecule has 2 aromatic heterocycles. The van der Waals surface area contributed by atoms with E-state index in [0.29, 0.717) is 27.8 Å². The van der Waals surface area contributed by atoms with Crippen molar-refractivity contribution >= 4 is 34.0 Å². The average molecular weight is 366 g/mol. The van der Waals surface area contributed by atoms with Crippen LogP contribution in [0.2, 0.25) is 5.15 Å². The van der Waals surface area contributed by atoms with E-state index < -0.39 is 0 Å². The number of nitrogens with zero attached hydrogens (tertiary/aromatic N) is 1. The lowest BCUT2D eigenvalue weighted by Gasteiger charge is -2.08. The number of fused-ring (bicyclic) bond motifs is 1. The van der Waals surface area contributed by atoms with Gasteiger partial charge in [0.25, 0.3) is 11.5 Å². The quantitative estimate of drug-likeness (QED) is 0.572. The number of aromatic amines is 1. The van der Waals surface area contributed by atoms with Crippen LogP contribution in [0.4, 0.5) is 5.69 Å². The molecule has 0 aliphatic rings. The second-order valence-electron chi connectivity index (χ2n) is 5.62. The van der Waals surface area contributed by atoms with Gasteiger partial charge in [-0.05, 0) is 42.5 Å². The van der Waals surface area contributed by atoms with Gasteiger partial charge >= 0.3 is 0 Å². The molecule has 1 amide bonds. The van der Waals surface area contributed by atoms with Gasteiger partial charge in [-0.25, -0.2) is 5.10 Å². The molecule has 0 saturated carbocycles. The fourth-order valence-electron chi connectivity index (χ4n) is 2.67. The topological polar surface area (TPSA) is 88.0 Å². The number of carbonyl (C=O) groups excluding carboxylic acids is 1. The minimum absolute atomic E-state index is 0.133. The smallest absolute Gasteiger partial charge is 0.272 e. The van der Waals surface area contributed by atoms with Gasteiger partial charge < -0.3 is 9.73 Å². The molecule has 4 aromatic rings. The van der Waals surface area contributed by atoms with Crippen molar-refractivity contribution < 1.29 is 9.21 Å². The van der Waals surface area contributed by atoms with Gasteiger partial charge in [0, 0.05) is 22.2 Å². The number of halogens is 1. The van der Waals surface area contributed by atoms with Crippen molar-refractivity contribution in [1.82, 2.24) is 10.2 Å². The number of furan rings is 1. The predicted molar refractivity (Wildman–Crippen MR) is 99.5 cm³/mol. The van der Waals surface area contributed by atoms with Gasteiger partial charge in [-0.1, -0.05) is 23.7 Å². The summed E-state index contributed by atoms with van der Waals surface area (Å²) in [5, 5.41) is 9.78. The van der Waals surface area contributed by atoms with E-state index in [1.54, 1.807) is 36.6 Å². The number of hydrogen-bond donors (Lipinski definition) is 2. The summed E-state index contributed by atoms with van der Waals surface area (Å²) in [4.78, 5) is 24.3. The maximum Gasteiger partial charge on any atom is 0.272 e.